The molecular formula is C15H22N2O. The summed E-state index contributed by atoms with van der Waals surface area (Å²) in [6, 6.07) is 8.68. The van der Waals surface area contributed by atoms with Crippen LogP contribution in [-0.4, -0.2) is 36.9 Å². The fourth-order valence-electron chi connectivity index (χ4n) is 3.00. The molecule has 0 aromatic heterocycles. The summed E-state index contributed by atoms with van der Waals surface area (Å²) in [5.74, 6) is 0. The molecule has 0 aliphatic carbocycles. The lowest BCUT2D eigenvalue weighted by Crippen LogP contribution is -2.50. The van der Waals surface area contributed by atoms with Gasteiger partial charge in [-0.2, -0.15) is 0 Å². The molecule has 3 heteroatoms. The molecule has 0 saturated carbocycles. The van der Waals surface area contributed by atoms with Crippen molar-refractivity contribution >= 4 is 0 Å². The van der Waals surface area contributed by atoms with Crippen molar-refractivity contribution in [2.45, 2.75) is 32.0 Å². The first-order valence-corrected chi connectivity index (χ1v) is 6.93. The summed E-state index contributed by atoms with van der Waals surface area (Å²) in [4.78, 5) is 2.54. The van der Waals surface area contributed by atoms with E-state index in [4.69, 9.17) is 4.74 Å². The number of ether oxygens (including phenoxy) is 1. The van der Waals surface area contributed by atoms with E-state index in [0.717, 1.165) is 45.6 Å². The standard InChI is InChI=1S/C15H22N2O/c1-13-4-2-3-5-14(13)12-17-9-6-15(7-10-17)16-8-11-18-15/h2-5,16H,6-12H2,1H3. The van der Waals surface area contributed by atoms with Gasteiger partial charge in [-0.25, -0.2) is 0 Å². The minimum absolute atomic E-state index is 0.00221. The molecule has 1 aromatic rings. The van der Waals surface area contributed by atoms with Crippen LogP contribution in [0.4, 0.5) is 0 Å². The van der Waals surface area contributed by atoms with Gasteiger partial charge in [0.1, 0.15) is 5.72 Å². The maximum Gasteiger partial charge on any atom is 0.121 e. The molecule has 0 amide bonds. The summed E-state index contributed by atoms with van der Waals surface area (Å²) in [5.41, 5.74) is 2.85. The summed E-state index contributed by atoms with van der Waals surface area (Å²) in [6.45, 7) is 7.41. The monoisotopic (exact) mass is 246 g/mol. The van der Waals surface area contributed by atoms with Crippen LogP contribution < -0.4 is 5.32 Å². The lowest BCUT2D eigenvalue weighted by Gasteiger charge is -2.38. The van der Waals surface area contributed by atoms with Crippen LogP contribution in [0.3, 0.4) is 0 Å². The van der Waals surface area contributed by atoms with E-state index in [2.05, 4.69) is 41.4 Å². The largest absolute Gasteiger partial charge is 0.359 e. The molecule has 0 radical (unpaired) electrons. The predicted molar refractivity (Wildman–Crippen MR) is 72.4 cm³/mol. The van der Waals surface area contributed by atoms with E-state index in [9.17, 15) is 0 Å². The third-order valence-corrected chi connectivity index (χ3v) is 4.25. The number of nitrogens with zero attached hydrogens (tertiary/aromatic N) is 1. The van der Waals surface area contributed by atoms with Crippen molar-refractivity contribution in [1.29, 1.82) is 0 Å². The number of rotatable bonds is 2. The molecule has 98 valence electrons. The molecule has 3 rings (SSSR count). The summed E-state index contributed by atoms with van der Waals surface area (Å²) >= 11 is 0. The van der Waals surface area contributed by atoms with Crippen LogP contribution >= 0.6 is 0 Å². The van der Waals surface area contributed by atoms with Gasteiger partial charge >= 0.3 is 0 Å². The summed E-state index contributed by atoms with van der Waals surface area (Å²) in [7, 11) is 0. The number of benzene rings is 1. The molecule has 18 heavy (non-hydrogen) atoms. The normalized spacial score (nSPS) is 23.6. The average Bonchev–Trinajstić information content (AvgIpc) is 2.84. The minimum Gasteiger partial charge on any atom is -0.359 e. The molecule has 1 N–H and O–H groups in total. The fraction of sp³-hybridized carbons (Fsp3) is 0.600. The Kier molecular flexibility index (Phi) is 3.37. The van der Waals surface area contributed by atoms with Crippen LogP contribution in [0.15, 0.2) is 24.3 Å². The van der Waals surface area contributed by atoms with Gasteiger partial charge in [-0.3, -0.25) is 10.2 Å². The number of likely N-dealkylation sites (tertiary alicyclic amines) is 1. The van der Waals surface area contributed by atoms with E-state index in [1.807, 2.05) is 0 Å². The Morgan fingerprint density at radius 1 is 1.28 bits per heavy atom. The van der Waals surface area contributed by atoms with E-state index in [1.165, 1.54) is 11.1 Å². The zero-order chi connectivity index (χ0) is 12.4. The third-order valence-electron chi connectivity index (χ3n) is 4.25. The average molecular weight is 246 g/mol. The van der Waals surface area contributed by atoms with Crippen LogP contribution in [0.1, 0.15) is 24.0 Å². The molecular weight excluding hydrogens is 224 g/mol. The van der Waals surface area contributed by atoms with Crippen LogP contribution in [0, 0.1) is 6.92 Å². The van der Waals surface area contributed by atoms with Crippen molar-refractivity contribution in [3.05, 3.63) is 35.4 Å². The van der Waals surface area contributed by atoms with Gasteiger partial charge in [0.15, 0.2) is 0 Å². The molecule has 0 bridgehead atoms. The molecule has 3 nitrogen and oxygen atoms in total. The van der Waals surface area contributed by atoms with Crippen molar-refractivity contribution in [2.24, 2.45) is 0 Å². The Morgan fingerprint density at radius 2 is 2.06 bits per heavy atom. The smallest absolute Gasteiger partial charge is 0.121 e. The van der Waals surface area contributed by atoms with Crippen molar-refractivity contribution < 1.29 is 4.74 Å². The Hall–Kier alpha value is -0.900. The topological polar surface area (TPSA) is 24.5 Å². The van der Waals surface area contributed by atoms with Gasteiger partial charge < -0.3 is 4.74 Å². The second kappa shape index (κ2) is 5.00. The number of piperidine rings is 1. The fourth-order valence-corrected chi connectivity index (χ4v) is 3.00. The summed E-state index contributed by atoms with van der Waals surface area (Å²) in [5, 5.41) is 3.52. The molecule has 1 aromatic carbocycles. The van der Waals surface area contributed by atoms with Crippen molar-refractivity contribution in [3.63, 3.8) is 0 Å². The van der Waals surface area contributed by atoms with Crippen molar-refractivity contribution in [2.75, 3.05) is 26.2 Å². The summed E-state index contributed by atoms with van der Waals surface area (Å²) in [6.07, 6.45) is 2.22. The molecule has 0 unspecified atom stereocenters. The van der Waals surface area contributed by atoms with Gasteiger partial charge in [-0.05, 0) is 18.1 Å². The maximum absolute atomic E-state index is 5.87. The molecule has 2 fully saturated rings. The lowest BCUT2D eigenvalue weighted by atomic mass is 9.99. The first-order chi connectivity index (χ1) is 8.77. The van der Waals surface area contributed by atoms with E-state index < -0.39 is 0 Å². The maximum atomic E-state index is 5.87. The van der Waals surface area contributed by atoms with Gasteiger partial charge in [-0.1, -0.05) is 24.3 Å². The Morgan fingerprint density at radius 3 is 2.72 bits per heavy atom. The second-order valence-electron chi connectivity index (χ2n) is 5.47. The SMILES string of the molecule is Cc1ccccc1CN1CCC2(CC1)NCCO2. The highest BCUT2D eigenvalue weighted by molar-refractivity contribution is 5.25. The molecule has 1 spiro atoms. The van der Waals surface area contributed by atoms with Crippen molar-refractivity contribution in [3.8, 4) is 0 Å². The highest BCUT2D eigenvalue weighted by Gasteiger charge is 2.37. The molecule has 0 atom stereocenters. The lowest BCUT2D eigenvalue weighted by molar-refractivity contribution is -0.0577. The van der Waals surface area contributed by atoms with Crippen LogP contribution in [0.5, 0.6) is 0 Å². The predicted octanol–water partition coefficient (Wildman–Crippen LogP) is 1.91. The van der Waals surface area contributed by atoms with Gasteiger partial charge in [0.25, 0.3) is 0 Å². The number of nitrogens with one attached hydrogen (secondary N) is 1. The zero-order valence-corrected chi connectivity index (χ0v) is 11.1. The Bertz CT molecular complexity index is 403. The van der Waals surface area contributed by atoms with Crippen LogP contribution in [0.2, 0.25) is 0 Å². The molecule has 2 aliphatic rings. The van der Waals surface area contributed by atoms with Gasteiger partial charge in [0, 0.05) is 39.0 Å². The highest BCUT2D eigenvalue weighted by Crippen LogP contribution is 2.27. The van der Waals surface area contributed by atoms with E-state index >= 15 is 0 Å². The number of hydrogen-bond donors (Lipinski definition) is 1. The highest BCUT2D eigenvalue weighted by atomic mass is 16.5. The van der Waals surface area contributed by atoms with E-state index in [1.54, 1.807) is 0 Å². The Balaban J connectivity index is 1.59. The quantitative estimate of drug-likeness (QED) is 0.862. The van der Waals surface area contributed by atoms with Crippen LogP contribution in [0.25, 0.3) is 0 Å². The van der Waals surface area contributed by atoms with Crippen LogP contribution in [-0.2, 0) is 11.3 Å². The van der Waals surface area contributed by atoms with Crippen molar-refractivity contribution in [1.82, 2.24) is 10.2 Å². The third kappa shape index (κ3) is 2.44. The number of hydrogen-bond acceptors (Lipinski definition) is 3. The Labute approximate surface area is 109 Å². The molecule has 2 heterocycles. The molecule has 2 saturated heterocycles. The first-order valence-electron chi connectivity index (χ1n) is 6.93. The molecule has 2 aliphatic heterocycles. The first kappa shape index (κ1) is 12.2. The number of aryl methyl sites for hydroxylation is 1. The summed E-state index contributed by atoms with van der Waals surface area (Å²) < 4.78 is 5.87. The zero-order valence-electron chi connectivity index (χ0n) is 11.1. The minimum atomic E-state index is 0.00221. The van der Waals surface area contributed by atoms with Gasteiger partial charge in [0.2, 0.25) is 0 Å². The van der Waals surface area contributed by atoms with E-state index in [-0.39, 0.29) is 5.72 Å². The van der Waals surface area contributed by atoms with E-state index in [0.29, 0.717) is 0 Å². The van der Waals surface area contributed by atoms with Gasteiger partial charge in [0.05, 0.1) is 6.61 Å². The second-order valence-corrected chi connectivity index (χ2v) is 5.47. The van der Waals surface area contributed by atoms with Gasteiger partial charge in [-0.15, -0.1) is 0 Å².